The number of aromatic nitrogens is 2. The summed E-state index contributed by atoms with van der Waals surface area (Å²) in [6, 6.07) is 10.9. The SMILES string of the molecule is COc1ccc2nccc(NC(=O)[C@@H]3CCN(C[C@@H]4CN(c5ccc6c(c5)NC(=O)CS6)C(=O)O4)C3)c2n1. The van der Waals surface area contributed by atoms with Crippen LogP contribution in [0.5, 0.6) is 5.88 Å². The number of thioether (sulfide) groups is 1. The van der Waals surface area contributed by atoms with Crippen molar-refractivity contribution in [3.63, 3.8) is 0 Å². The maximum absolute atomic E-state index is 13.1. The van der Waals surface area contributed by atoms with E-state index in [1.807, 2.05) is 18.2 Å². The van der Waals surface area contributed by atoms with Gasteiger partial charge in [-0.25, -0.2) is 9.78 Å². The predicted molar refractivity (Wildman–Crippen MR) is 143 cm³/mol. The first-order chi connectivity index (χ1) is 18.5. The highest BCUT2D eigenvalue weighted by Crippen LogP contribution is 2.35. The lowest BCUT2D eigenvalue weighted by atomic mass is 10.1. The van der Waals surface area contributed by atoms with Gasteiger partial charge in [-0.1, -0.05) is 0 Å². The van der Waals surface area contributed by atoms with Crippen molar-refractivity contribution in [1.82, 2.24) is 14.9 Å². The largest absolute Gasteiger partial charge is 0.481 e. The molecule has 0 unspecified atom stereocenters. The molecule has 1 aromatic carbocycles. The summed E-state index contributed by atoms with van der Waals surface area (Å²) in [6.07, 6.45) is 1.62. The molecule has 0 spiro atoms. The van der Waals surface area contributed by atoms with Crippen molar-refractivity contribution in [1.29, 1.82) is 0 Å². The predicted octanol–water partition coefficient (Wildman–Crippen LogP) is 2.97. The van der Waals surface area contributed by atoms with Crippen molar-refractivity contribution in [3.05, 3.63) is 42.6 Å². The van der Waals surface area contributed by atoms with Gasteiger partial charge in [0.05, 0.1) is 42.2 Å². The average Bonchev–Trinajstić information content (AvgIpc) is 3.54. The summed E-state index contributed by atoms with van der Waals surface area (Å²) in [7, 11) is 1.54. The van der Waals surface area contributed by atoms with Gasteiger partial charge in [0.25, 0.3) is 0 Å². The number of nitrogens with zero attached hydrogens (tertiary/aromatic N) is 4. The van der Waals surface area contributed by atoms with Crippen molar-refractivity contribution in [3.8, 4) is 5.88 Å². The second-order valence-corrected chi connectivity index (χ2v) is 10.5. The van der Waals surface area contributed by atoms with Gasteiger partial charge in [-0.05, 0) is 43.3 Å². The van der Waals surface area contributed by atoms with Gasteiger partial charge in [-0.2, -0.15) is 0 Å². The number of benzene rings is 1. The zero-order chi connectivity index (χ0) is 26.2. The van der Waals surface area contributed by atoms with E-state index in [-0.39, 0.29) is 23.8 Å². The van der Waals surface area contributed by atoms with E-state index in [2.05, 4.69) is 25.5 Å². The molecule has 2 aromatic heterocycles. The summed E-state index contributed by atoms with van der Waals surface area (Å²) < 4.78 is 10.9. The van der Waals surface area contributed by atoms with Gasteiger partial charge >= 0.3 is 6.09 Å². The Bertz CT molecular complexity index is 1430. The van der Waals surface area contributed by atoms with Crippen LogP contribution >= 0.6 is 11.8 Å². The van der Waals surface area contributed by atoms with Crippen LogP contribution in [0.2, 0.25) is 0 Å². The van der Waals surface area contributed by atoms with E-state index in [1.165, 1.54) is 11.8 Å². The molecule has 3 aromatic rings. The number of cyclic esters (lactones) is 1. The molecule has 11 nitrogen and oxygen atoms in total. The van der Waals surface area contributed by atoms with Crippen molar-refractivity contribution in [2.24, 2.45) is 5.92 Å². The van der Waals surface area contributed by atoms with Gasteiger partial charge in [0.15, 0.2) is 0 Å². The number of anilines is 3. The molecular formula is C26H26N6O5S. The van der Waals surface area contributed by atoms with E-state index in [0.29, 0.717) is 65.8 Å². The maximum atomic E-state index is 13.1. The number of ether oxygens (including phenoxy) is 2. The Labute approximate surface area is 222 Å². The van der Waals surface area contributed by atoms with E-state index >= 15 is 0 Å². The average molecular weight is 535 g/mol. The number of nitrogens with one attached hydrogen (secondary N) is 2. The Hall–Kier alpha value is -3.90. The van der Waals surface area contributed by atoms with E-state index in [4.69, 9.17) is 9.47 Å². The zero-order valence-corrected chi connectivity index (χ0v) is 21.5. The highest BCUT2D eigenvalue weighted by molar-refractivity contribution is 8.00. The van der Waals surface area contributed by atoms with Crippen LogP contribution in [-0.2, 0) is 14.3 Å². The summed E-state index contributed by atoms with van der Waals surface area (Å²) in [5.74, 6) is 0.511. The standard InChI is InChI=1S/C26H26N6O5S/c1-36-23-5-3-18-24(30-23)19(6-8-27-18)29-25(34)15-7-9-31(11-15)12-17-13-32(26(35)37-17)16-2-4-21-20(10-16)28-22(33)14-38-21/h2-6,8,10,15,17H,7,9,11-14H2,1H3,(H,28,33)(H,27,29,34)/t15-,17-/m1/s1. The molecule has 2 fully saturated rings. The molecular weight excluding hydrogens is 508 g/mol. The minimum atomic E-state index is -0.411. The first-order valence-electron chi connectivity index (χ1n) is 12.3. The van der Waals surface area contributed by atoms with E-state index in [0.717, 1.165) is 11.4 Å². The fourth-order valence-electron chi connectivity index (χ4n) is 5.02. The summed E-state index contributed by atoms with van der Waals surface area (Å²) in [5, 5.41) is 5.87. The number of carbonyl (C=O) groups excluding carboxylic acids is 3. The van der Waals surface area contributed by atoms with Crippen LogP contribution in [0.15, 0.2) is 47.5 Å². The first-order valence-corrected chi connectivity index (χ1v) is 13.3. The fraction of sp³-hybridized carbons (Fsp3) is 0.346. The number of amides is 3. The minimum Gasteiger partial charge on any atom is -0.481 e. The van der Waals surface area contributed by atoms with E-state index < -0.39 is 6.09 Å². The first kappa shape index (κ1) is 24.4. The molecule has 2 atom stereocenters. The molecule has 3 aliphatic heterocycles. The molecule has 6 rings (SSSR count). The molecule has 38 heavy (non-hydrogen) atoms. The molecule has 0 aliphatic carbocycles. The summed E-state index contributed by atoms with van der Waals surface area (Å²) in [5.41, 5.74) is 3.24. The molecule has 196 valence electrons. The van der Waals surface area contributed by atoms with Crippen molar-refractivity contribution < 1.29 is 23.9 Å². The molecule has 3 amide bonds. The van der Waals surface area contributed by atoms with E-state index in [9.17, 15) is 14.4 Å². The summed E-state index contributed by atoms with van der Waals surface area (Å²) in [6.45, 7) is 2.25. The van der Waals surface area contributed by atoms with E-state index in [1.54, 1.807) is 36.4 Å². The van der Waals surface area contributed by atoms with Crippen LogP contribution in [-0.4, -0.2) is 77.9 Å². The van der Waals surface area contributed by atoms with Crippen LogP contribution in [0.25, 0.3) is 11.0 Å². The zero-order valence-electron chi connectivity index (χ0n) is 20.7. The second kappa shape index (κ2) is 10.1. The maximum Gasteiger partial charge on any atom is 0.414 e. The Morgan fingerprint density at radius 2 is 2.13 bits per heavy atom. The van der Waals surface area contributed by atoms with Crippen LogP contribution in [0.4, 0.5) is 21.9 Å². The van der Waals surface area contributed by atoms with Gasteiger partial charge < -0.3 is 20.1 Å². The number of hydrogen-bond acceptors (Lipinski definition) is 9. The number of hydrogen-bond donors (Lipinski definition) is 2. The lowest BCUT2D eigenvalue weighted by Gasteiger charge is -2.21. The number of carbonyl (C=O) groups is 3. The Morgan fingerprint density at radius 3 is 3.00 bits per heavy atom. The molecule has 3 aliphatic rings. The molecule has 0 radical (unpaired) electrons. The van der Waals surface area contributed by atoms with Crippen LogP contribution in [0, 0.1) is 5.92 Å². The van der Waals surface area contributed by atoms with Gasteiger partial charge in [0.2, 0.25) is 17.7 Å². The van der Waals surface area contributed by atoms with Gasteiger partial charge in [-0.15, -0.1) is 11.8 Å². The van der Waals surface area contributed by atoms with Gasteiger partial charge in [-0.3, -0.25) is 24.4 Å². The topological polar surface area (TPSA) is 126 Å². The third kappa shape index (κ3) is 4.84. The normalized spacial score (nSPS) is 21.2. The van der Waals surface area contributed by atoms with Crippen LogP contribution in [0.3, 0.4) is 0 Å². The van der Waals surface area contributed by atoms with Gasteiger partial charge in [0.1, 0.15) is 11.6 Å². The number of likely N-dealkylation sites (tertiary alicyclic amines) is 1. The second-order valence-electron chi connectivity index (χ2n) is 9.45. The lowest BCUT2D eigenvalue weighted by molar-refractivity contribution is -0.119. The third-order valence-electron chi connectivity index (χ3n) is 6.91. The third-order valence-corrected chi connectivity index (χ3v) is 7.99. The fourth-order valence-corrected chi connectivity index (χ4v) is 5.81. The Balaban J connectivity index is 1.06. The molecule has 12 heteroatoms. The molecule has 5 heterocycles. The molecule has 0 bridgehead atoms. The Morgan fingerprint density at radius 1 is 1.24 bits per heavy atom. The summed E-state index contributed by atoms with van der Waals surface area (Å²) >= 11 is 1.48. The molecule has 0 saturated carbocycles. The van der Waals surface area contributed by atoms with Crippen molar-refractivity contribution in [2.45, 2.75) is 17.4 Å². The Kier molecular flexibility index (Phi) is 6.50. The van der Waals surface area contributed by atoms with Crippen LogP contribution in [0.1, 0.15) is 6.42 Å². The number of rotatable bonds is 6. The lowest BCUT2D eigenvalue weighted by Crippen LogP contribution is -2.35. The summed E-state index contributed by atoms with van der Waals surface area (Å²) in [4.78, 5) is 50.9. The smallest absolute Gasteiger partial charge is 0.414 e. The highest BCUT2D eigenvalue weighted by atomic mass is 32.2. The number of methoxy groups -OCH3 is 1. The van der Waals surface area contributed by atoms with Gasteiger partial charge in [0, 0.05) is 35.9 Å². The number of pyridine rings is 2. The minimum absolute atomic E-state index is 0.0535. The van der Waals surface area contributed by atoms with Crippen LogP contribution < -0.4 is 20.3 Å². The van der Waals surface area contributed by atoms with Crippen molar-refractivity contribution >= 4 is 57.8 Å². The molecule has 2 N–H and O–H groups in total. The molecule has 2 saturated heterocycles. The quantitative estimate of drug-likeness (QED) is 0.491. The highest BCUT2D eigenvalue weighted by Gasteiger charge is 2.37. The van der Waals surface area contributed by atoms with Crippen molar-refractivity contribution in [2.75, 3.05) is 54.6 Å². The monoisotopic (exact) mass is 534 g/mol. The number of fused-ring (bicyclic) bond motifs is 2.